The van der Waals surface area contributed by atoms with Gasteiger partial charge in [-0.15, -0.1) is 0 Å². The molecule has 0 spiro atoms. The van der Waals surface area contributed by atoms with Gasteiger partial charge in [-0.2, -0.15) is 0 Å². The van der Waals surface area contributed by atoms with E-state index in [1.807, 2.05) is 36.4 Å². The van der Waals surface area contributed by atoms with Gasteiger partial charge in [-0.1, -0.05) is 17.7 Å². The summed E-state index contributed by atoms with van der Waals surface area (Å²) in [5.74, 6) is 1.61. The second-order valence-corrected chi connectivity index (χ2v) is 5.22. The lowest BCUT2D eigenvalue weighted by Crippen LogP contribution is -2.15. The van der Waals surface area contributed by atoms with Gasteiger partial charge in [0.15, 0.2) is 11.5 Å². The van der Waals surface area contributed by atoms with Gasteiger partial charge in [0.2, 0.25) is 0 Å². The molecule has 0 amide bonds. The van der Waals surface area contributed by atoms with Crippen molar-refractivity contribution in [1.29, 1.82) is 0 Å². The summed E-state index contributed by atoms with van der Waals surface area (Å²) < 4.78 is 11.1. The summed E-state index contributed by atoms with van der Waals surface area (Å²) in [5, 5.41) is 4.16. The summed E-state index contributed by atoms with van der Waals surface area (Å²) in [6, 6.07) is 11.8. The first-order chi connectivity index (χ1) is 9.72. The quantitative estimate of drug-likeness (QED) is 0.925. The van der Waals surface area contributed by atoms with E-state index < -0.39 is 0 Å². The molecule has 0 atom stereocenters. The van der Waals surface area contributed by atoms with Gasteiger partial charge in [-0.25, -0.2) is 0 Å². The Labute approximate surface area is 123 Å². The van der Waals surface area contributed by atoms with Crippen LogP contribution in [0.15, 0.2) is 36.4 Å². The number of aryl methyl sites for hydroxylation is 1. The maximum atomic E-state index is 5.96. The second kappa shape index (κ2) is 5.63. The monoisotopic (exact) mass is 289 g/mol. The number of hydrogen-bond acceptors (Lipinski definition) is 3. The Morgan fingerprint density at radius 3 is 2.65 bits per heavy atom. The first-order valence-electron chi connectivity index (χ1n) is 6.61. The summed E-state index contributed by atoms with van der Waals surface area (Å²) in [6.45, 7) is 4.03. The Bertz CT molecular complexity index is 628. The molecular weight excluding hydrogens is 274 g/mol. The molecule has 1 N–H and O–H groups in total. The van der Waals surface area contributed by atoms with Crippen LogP contribution in [0.2, 0.25) is 5.02 Å². The summed E-state index contributed by atoms with van der Waals surface area (Å²) in [5.41, 5.74) is 3.43. The zero-order chi connectivity index (χ0) is 13.9. The Balaban J connectivity index is 1.72. The predicted octanol–water partition coefficient (Wildman–Crippen LogP) is 4.03. The van der Waals surface area contributed by atoms with E-state index in [1.54, 1.807) is 0 Å². The lowest BCUT2D eigenvalue weighted by Gasteiger charge is -2.19. The van der Waals surface area contributed by atoms with E-state index >= 15 is 0 Å². The Hall–Kier alpha value is -1.87. The fraction of sp³-hybridized carbons (Fsp3) is 0.250. The number of anilines is 1. The maximum absolute atomic E-state index is 5.96. The van der Waals surface area contributed by atoms with Crippen molar-refractivity contribution >= 4 is 17.3 Å². The van der Waals surface area contributed by atoms with Gasteiger partial charge in [0.25, 0.3) is 0 Å². The van der Waals surface area contributed by atoms with Crippen LogP contribution in [0.5, 0.6) is 11.5 Å². The van der Waals surface area contributed by atoms with Gasteiger partial charge in [-0.3, -0.25) is 0 Å². The molecule has 1 heterocycles. The third-order valence-corrected chi connectivity index (χ3v) is 3.56. The molecule has 0 aromatic heterocycles. The van der Waals surface area contributed by atoms with Crippen molar-refractivity contribution < 1.29 is 9.47 Å². The summed E-state index contributed by atoms with van der Waals surface area (Å²) in [4.78, 5) is 0. The number of ether oxygens (including phenoxy) is 2. The molecule has 0 unspecified atom stereocenters. The average molecular weight is 290 g/mol. The van der Waals surface area contributed by atoms with Crippen molar-refractivity contribution in [3.63, 3.8) is 0 Å². The van der Waals surface area contributed by atoms with Crippen LogP contribution in [0.25, 0.3) is 0 Å². The van der Waals surface area contributed by atoms with Gasteiger partial charge < -0.3 is 14.8 Å². The molecule has 104 valence electrons. The van der Waals surface area contributed by atoms with Crippen LogP contribution >= 0.6 is 11.6 Å². The van der Waals surface area contributed by atoms with Gasteiger partial charge in [0.1, 0.15) is 13.2 Å². The number of halogens is 1. The van der Waals surface area contributed by atoms with Crippen LogP contribution in [-0.2, 0) is 6.54 Å². The second-order valence-electron chi connectivity index (χ2n) is 4.78. The topological polar surface area (TPSA) is 30.5 Å². The van der Waals surface area contributed by atoms with Crippen molar-refractivity contribution in [3.8, 4) is 11.5 Å². The number of nitrogens with one attached hydrogen (secondary N) is 1. The van der Waals surface area contributed by atoms with Crippen molar-refractivity contribution in [3.05, 3.63) is 52.5 Å². The van der Waals surface area contributed by atoms with E-state index in [2.05, 4.69) is 12.2 Å². The average Bonchev–Trinajstić information content (AvgIpc) is 2.46. The van der Waals surface area contributed by atoms with Crippen LogP contribution in [0.4, 0.5) is 5.69 Å². The first-order valence-corrected chi connectivity index (χ1v) is 6.99. The van der Waals surface area contributed by atoms with E-state index in [-0.39, 0.29) is 0 Å². The Morgan fingerprint density at radius 2 is 1.85 bits per heavy atom. The highest BCUT2D eigenvalue weighted by atomic mass is 35.5. The summed E-state index contributed by atoms with van der Waals surface area (Å²) >= 11 is 5.96. The smallest absolute Gasteiger partial charge is 0.163 e. The lowest BCUT2D eigenvalue weighted by molar-refractivity contribution is 0.171. The molecular formula is C16H16ClNO2. The highest BCUT2D eigenvalue weighted by molar-refractivity contribution is 6.30. The minimum Gasteiger partial charge on any atom is -0.486 e. The van der Waals surface area contributed by atoms with Crippen molar-refractivity contribution in [2.75, 3.05) is 18.5 Å². The van der Waals surface area contributed by atoms with E-state index in [0.29, 0.717) is 13.2 Å². The molecule has 20 heavy (non-hydrogen) atoms. The number of fused-ring (bicyclic) bond motifs is 1. The SMILES string of the molecule is Cc1cc(Cl)ccc1CNc1ccc2c(c1)OCCO2. The van der Waals surface area contributed by atoms with E-state index in [9.17, 15) is 0 Å². The molecule has 1 aliphatic heterocycles. The highest BCUT2D eigenvalue weighted by Crippen LogP contribution is 2.32. The van der Waals surface area contributed by atoms with Crippen molar-refractivity contribution in [2.45, 2.75) is 13.5 Å². The standard InChI is InChI=1S/C16H16ClNO2/c1-11-8-13(17)3-2-12(11)10-18-14-4-5-15-16(9-14)20-7-6-19-15/h2-5,8-9,18H,6-7,10H2,1H3. The minimum absolute atomic E-state index is 0.604. The predicted molar refractivity (Wildman–Crippen MR) is 80.9 cm³/mol. The van der Waals surface area contributed by atoms with Crippen molar-refractivity contribution in [1.82, 2.24) is 0 Å². The van der Waals surface area contributed by atoms with Gasteiger partial charge in [0, 0.05) is 23.3 Å². The van der Waals surface area contributed by atoms with Gasteiger partial charge in [0.05, 0.1) is 0 Å². The number of benzene rings is 2. The molecule has 0 saturated heterocycles. The summed E-state index contributed by atoms with van der Waals surface area (Å²) in [6.07, 6.45) is 0. The molecule has 2 aromatic rings. The van der Waals surface area contributed by atoms with Crippen molar-refractivity contribution in [2.24, 2.45) is 0 Å². The van der Waals surface area contributed by atoms with Crippen LogP contribution < -0.4 is 14.8 Å². The minimum atomic E-state index is 0.604. The largest absolute Gasteiger partial charge is 0.486 e. The Morgan fingerprint density at radius 1 is 1.05 bits per heavy atom. The molecule has 0 radical (unpaired) electrons. The molecule has 2 aromatic carbocycles. The maximum Gasteiger partial charge on any atom is 0.163 e. The lowest BCUT2D eigenvalue weighted by atomic mass is 10.1. The molecule has 1 aliphatic rings. The first kappa shape index (κ1) is 13.1. The molecule has 0 saturated carbocycles. The Kier molecular flexibility index (Phi) is 3.70. The molecule has 0 bridgehead atoms. The molecule has 3 nitrogen and oxygen atoms in total. The molecule has 4 heteroatoms. The van der Waals surface area contributed by atoms with Gasteiger partial charge in [-0.05, 0) is 42.3 Å². The molecule has 3 rings (SSSR count). The normalized spacial score (nSPS) is 13.1. The van der Waals surface area contributed by atoms with E-state index in [1.165, 1.54) is 11.1 Å². The number of hydrogen-bond donors (Lipinski definition) is 1. The summed E-state index contributed by atoms with van der Waals surface area (Å²) in [7, 11) is 0. The third kappa shape index (κ3) is 2.83. The third-order valence-electron chi connectivity index (χ3n) is 3.33. The van der Waals surface area contributed by atoms with E-state index in [0.717, 1.165) is 28.8 Å². The van der Waals surface area contributed by atoms with Crippen LogP contribution in [0, 0.1) is 6.92 Å². The van der Waals surface area contributed by atoms with Crippen LogP contribution in [0.3, 0.4) is 0 Å². The fourth-order valence-corrected chi connectivity index (χ4v) is 2.43. The zero-order valence-electron chi connectivity index (χ0n) is 11.3. The fourth-order valence-electron chi connectivity index (χ4n) is 2.21. The van der Waals surface area contributed by atoms with Crippen LogP contribution in [-0.4, -0.2) is 13.2 Å². The highest BCUT2D eigenvalue weighted by Gasteiger charge is 2.11. The van der Waals surface area contributed by atoms with E-state index in [4.69, 9.17) is 21.1 Å². The zero-order valence-corrected chi connectivity index (χ0v) is 12.0. The number of rotatable bonds is 3. The van der Waals surface area contributed by atoms with Crippen LogP contribution in [0.1, 0.15) is 11.1 Å². The van der Waals surface area contributed by atoms with Gasteiger partial charge >= 0.3 is 0 Å². The molecule has 0 fully saturated rings. The molecule has 0 aliphatic carbocycles.